The smallest absolute Gasteiger partial charge is 0.204 e. The van der Waals surface area contributed by atoms with Gasteiger partial charge in [0, 0.05) is 47.6 Å². The van der Waals surface area contributed by atoms with Crippen molar-refractivity contribution in [2.75, 3.05) is 0 Å². The summed E-state index contributed by atoms with van der Waals surface area (Å²) in [5.41, 5.74) is 6.02. The lowest BCUT2D eigenvalue weighted by molar-refractivity contribution is -0.111. The molecule has 5 nitrogen and oxygen atoms in total. The molecule has 1 aliphatic heterocycles. The van der Waals surface area contributed by atoms with Crippen molar-refractivity contribution in [2.45, 2.75) is 5.41 Å². The van der Waals surface area contributed by atoms with Crippen LogP contribution in [0.15, 0.2) is 134 Å². The largest absolute Gasteiger partial charge is 0.457 e. The van der Waals surface area contributed by atoms with Crippen LogP contribution in [0.4, 0.5) is 0 Å². The lowest BCUT2D eigenvalue weighted by Crippen LogP contribution is -2.39. The Morgan fingerprint density at radius 2 is 1.26 bits per heavy atom. The van der Waals surface area contributed by atoms with E-state index in [1.54, 1.807) is 12.2 Å². The predicted molar refractivity (Wildman–Crippen MR) is 149 cm³/mol. The van der Waals surface area contributed by atoms with Crippen LogP contribution in [-0.2, 0) is 5.41 Å². The number of ether oxygens (including phenoxy) is 1. The second kappa shape index (κ2) is 9.71. The third kappa shape index (κ3) is 3.91. The molecule has 2 aromatic heterocycles. The maximum Gasteiger partial charge on any atom is 0.204 e. The summed E-state index contributed by atoms with van der Waals surface area (Å²) < 4.78 is 6.42. The molecular formula is C33H25N4O+. The van der Waals surface area contributed by atoms with Crippen molar-refractivity contribution in [1.29, 1.82) is 5.41 Å². The van der Waals surface area contributed by atoms with E-state index in [4.69, 9.17) is 15.6 Å². The summed E-state index contributed by atoms with van der Waals surface area (Å²) in [6.07, 6.45) is 10.8. The summed E-state index contributed by atoms with van der Waals surface area (Å²) >= 11 is 0. The molecule has 0 radical (unpaired) electrons. The molecule has 0 atom stereocenters. The SMILES string of the molecule is N=C(/C=C\C(=[NH2+])c1ccccc1)c1ccc2c(c1)C(c1ccncc1)(c1ccncc1)c1ccccc1O2. The highest BCUT2D eigenvalue weighted by Gasteiger charge is 2.45. The van der Waals surface area contributed by atoms with Gasteiger partial charge in [-0.05, 0) is 83.4 Å². The molecule has 0 aliphatic carbocycles. The molecule has 0 unspecified atom stereocenters. The molecule has 0 bridgehead atoms. The number of fused-ring (bicyclic) bond motifs is 2. The zero-order chi connectivity index (χ0) is 26.0. The first-order chi connectivity index (χ1) is 18.7. The highest BCUT2D eigenvalue weighted by atomic mass is 16.5. The first-order valence-corrected chi connectivity index (χ1v) is 12.4. The van der Waals surface area contributed by atoms with Gasteiger partial charge in [-0.25, -0.2) is 0 Å². The van der Waals surface area contributed by atoms with Crippen molar-refractivity contribution in [3.8, 4) is 11.5 Å². The zero-order valence-corrected chi connectivity index (χ0v) is 20.6. The number of hydrogen-bond acceptors (Lipinski definition) is 4. The van der Waals surface area contributed by atoms with Crippen LogP contribution in [0.25, 0.3) is 0 Å². The van der Waals surface area contributed by atoms with Crippen LogP contribution in [0.5, 0.6) is 11.5 Å². The van der Waals surface area contributed by atoms with E-state index in [9.17, 15) is 0 Å². The van der Waals surface area contributed by atoms with E-state index in [1.165, 1.54) is 0 Å². The van der Waals surface area contributed by atoms with E-state index in [2.05, 4.69) is 22.1 Å². The number of nitrogens with one attached hydrogen (secondary N) is 1. The van der Waals surface area contributed by atoms with Gasteiger partial charge in [0.25, 0.3) is 0 Å². The number of benzene rings is 3. The molecule has 0 saturated heterocycles. The molecule has 6 rings (SSSR count). The van der Waals surface area contributed by atoms with Gasteiger partial charge in [0.2, 0.25) is 5.71 Å². The second-order valence-corrected chi connectivity index (χ2v) is 9.10. The molecule has 0 saturated carbocycles. The number of nitrogens with zero attached hydrogens (tertiary/aromatic N) is 2. The van der Waals surface area contributed by atoms with Crippen LogP contribution in [0, 0.1) is 5.41 Å². The van der Waals surface area contributed by atoms with Crippen LogP contribution in [0.3, 0.4) is 0 Å². The van der Waals surface area contributed by atoms with Crippen LogP contribution >= 0.6 is 0 Å². The van der Waals surface area contributed by atoms with E-state index in [-0.39, 0.29) is 0 Å². The molecule has 38 heavy (non-hydrogen) atoms. The van der Waals surface area contributed by atoms with Crippen LogP contribution in [-0.4, -0.2) is 21.4 Å². The molecule has 0 fully saturated rings. The van der Waals surface area contributed by atoms with Crippen molar-refractivity contribution in [2.24, 2.45) is 0 Å². The summed E-state index contributed by atoms with van der Waals surface area (Å²) in [5, 5.41) is 15.2. The Labute approximate surface area is 221 Å². The van der Waals surface area contributed by atoms with Gasteiger partial charge in [-0.1, -0.05) is 36.4 Å². The number of hydrogen-bond donors (Lipinski definition) is 2. The van der Waals surface area contributed by atoms with E-state index >= 15 is 0 Å². The van der Waals surface area contributed by atoms with Gasteiger partial charge in [0.15, 0.2) is 0 Å². The molecule has 0 amide bonds. The minimum atomic E-state index is -0.689. The normalized spacial score (nSPS) is 13.3. The molecule has 3 N–H and O–H groups in total. The number of pyridine rings is 2. The van der Waals surface area contributed by atoms with Crippen molar-refractivity contribution in [3.63, 3.8) is 0 Å². The minimum Gasteiger partial charge on any atom is -0.457 e. The van der Waals surface area contributed by atoms with E-state index < -0.39 is 5.41 Å². The lowest BCUT2D eigenvalue weighted by atomic mass is 9.64. The maximum atomic E-state index is 8.87. The van der Waals surface area contributed by atoms with Gasteiger partial charge in [0.1, 0.15) is 11.5 Å². The summed E-state index contributed by atoms with van der Waals surface area (Å²) in [4.78, 5) is 8.58. The number of rotatable bonds is 6. The molecule has 3 aromatic carbocycles. The van der Waals surface area contributed by atoms with Gasteiger partial charge in [-0.2, -0.15) is 0 Å². The molecule has 5 aromatic rings. The van der Waals surface area contributed by atoms with Crippen molar-refractivity contribution < 1.29 is 10.1 Å². The zero-order valence-electron chi connectivity index (χ0n) is 20.6. The number of aromatic nitrogens is 2. The third-order valence-corrected chi connectivity index (χ3v) is 6.97. The Bertz CT molecular complexity index is 1620. The predicted octanol–water partition coefficient (Wildman–Crippen LogP) is 5.14. The van der Waals surface area contributed by atoms with Crippen LogP contribution in [0.2, 0.25) is 0 Å². The highest BCUT2D eigenvalue weighted by Crippen LogP contribution is 2.55. The van der Waals surface area contributed by atoms with E-state index in [0.29, 0.717) is 11.4 Å². The summed E-state index contributed by atoms with van der Waals surface area (Å²) in [6.45, 7) is 0. The van der Waals surface area contributed by atoms with Gasteiger partial charge < -0.3 is 10.1 Å². The van der Waals surface area contributed by atoms with Gasteiger partial charge >= 0.3 is 0 Å². The molecule has 3 heterocycles. The Morgan fingerprint density at radius 1 is 0.658 bits per heavy atom. The second-order valence-electron chi connectivity index (χ2n) is 9.10. The number of para-hydroxylation sites is 1. The first-order valence-electron chi connectivity index (χ1n) is 12.4. The summed E-state index contributed by atoms with van der Waals surface area (Å²) in [5.74, 6) is 1.54. The Balaban J connectivity index is 1.52. The lowest BCUT2D eigenvalue weighted by Gasteiger charge is -2.41. The highest BCUT2D eigenvalue weighted by molar-refractivity contribution is 6.13. The molecule has 0 spiro atoms. The van der Waals surface area contributed by atoms with Gasteiger partial charge in [0.05, 0.1) is 11.1 Å². The molecule has 182 valence electrons. The fraction of sp³-hybridized carbons (Fsp3) is 0.0303. The molecule has 5 heteroatoms. The van der Waals surface area contributed by atoms with Crippen molar-refractivity contribution in [1.82, 2.24) is 9.97 Å². The van der Waals surface area contributed by atoms with E-state index in [0.717, 1.165) is 44.9 Å². The Hall–Kier alpha value is -5.16. The fourth-order valence-corrected chi connectivity index (χ4v) is 5.20. The average Bonchev–Trinajstić information content (AvgIpc) is 2.99. The van der Waals surface area contributed by atoms with Gasteiger partial charge in [-0.3, -0.25) is 15.4 Å². The summed E-state index contributed by atoms with van der Waals surface area (Å²) in [6, 6.07) is 31.9. The van der Waals surface area contributed by atoms with E-state index in [1.807, 2.05) is 110 Å². The monoisotopic (exact) mass is 493 g/mol. The topological polar surface area (TPSA) is 84.5 Å². The maximum absolute atomic E-state index is 8.87. The fourth-order valence-electron chi connectivity index (χ4n) is 5.20. The molecule has 1 aliphatic rings. The number of nitrogens with two attached hydrogens (primary N) is 1. The van der Waals surface area contributed by atoms with Gasteiger partial charge in [-0.15, -0.1) is 0 Å². The Morgan fingerprint density at radius 3 is 1.95 bits per heavy atom. The first kappa shape index (κ1) is 23.3. The van der Waals surface area contributed by atoms with Crippen molar-refractivity contribution >= 4 is 11.4 Å². The summed E-state index contributed by atoms with van der Waals surface area (Å²) in [7, 11) is 0. The minimum absolute atomic E-state index is 0.351. The standard InChI is InChI=1S/C33H24N4O/c34-29(23-6-2-1-3-7-23)11-12-30(35)24-10-13-32-28(22-24)33(25-14-18-36-19-15-25,26-16-20-37-21-17-26)27-8-4-5-9-31(27)38-32/h1-22,34-35H/p+1/b12-11-,34-29?,35-30?. The quantitative estimate of drug-likeness (QED) is 0.315. The number of allylic oxidation sites excluding steroid dienone is 2. The van der Waals surface area contributed by atoms with Crippen molar-refractivity contribution in [3.05, 3.63) is 167 Å². The van der Waals surface area contributed by atoms with Crippen LogP contribution < -0.4 is 10.1 Å². The average molecular weight is 494 g/mol. The van der Waals surface area contributed by atoms with Crippen LogP contribution in [0.1, 0.15) is 33.4 Å². The Kier molecular flexibility index (Phi) is 5.94. The third-order valence-electron chi connectivity index (χ3n) is 6.97. The molecular weight excluding hydrogens is 468 g/mol.